The number of aromatic nitrogens is 2. The number of anilines is 1. The molecule has 1 aliphatic heterocycles. The van der Waals surface area contributed by atoms with Crippen LogP contribution in [-0.4, -0.2) is 20.9 Å². The summed E-state index contributed by atoms with van der Waals surface area (Å²) in [5, 5.41) is 13.2. The van der Waals surface area contributed by atoms with Gasteiger partial charge in [0.15, 0.2) is 5.78 Å². The number of halogens is 2. The van der Waals surface area contributed by atoms with Gasteiger partial charge in [-0.2, -0.15) is 0 Å². The first-order valence-electron chi connectivity index (χ1n) is 8.65. The predicted molar refractivity (Wildman–Crippen MR) is 112 cm³/mol. The van der Waals surface area contributed by atoms with Gasteiger partial charge in [0, 0.05) is 23.6 Å². The molecule has 2 heterocycles. The summed E-state index contributed by atoms with van der Waals surface area (Å²) in [4.78, 5) is 42.5. The average Bonchev–Trinajstić information content (AvgIpc) is 2.56. The summed E-state index contributed by atoms with van der Waals surface area (Å²) < 4.78 is 0.868. The van der Waals surface area contributed by atoms with Crippen LogP contribution in [0.4, 0.5) is 5.82 Å². The maximum atomic E-state index is 13.1. The first-order valence-corrected chi connectivity index (χ1v) is 10.2. The highest BCUT2D eigenvalue weighted by molar-refractivity contribution is 9.11. The van der Waals surface area contributed by atoms with E-state index in [9.17, 15) is 19.5 Å². The Kier molecular flexibility index (Phi) is 4.42. The van der Waals surface area contributed by atoms with Crippen molar-refractivity contribution in [2.45, 2.75) is 32.6 Å². The Balaban J connectivity index is 2.04. The molecule has 146 valence electrons. The molecule has 0 saturated carbocycles. The molecule has 0 radical (unpaired) electrons. The number of rotatable bonds is 1. The number of aromatic hydroxyl groups is 1. The van der Waals surface area contributed by atoms with Crippen molar-refractivity contribution in [3.05, 3.63) is 64.3 Å². The minimum absolute atomic E-state index is 0.0265. The fourth-order valence-corrected chi connectivity index (χ4v) is 5.25. The molecule has 9 heteroatoms. The summed E-state index contributed by atoms with van der Waals surface area (Å²) in [6.45, 7) is 4.02. The molecule has 0 fully saturated rings. The molecule has 1 aromatic carbocycles. The number of phenols is 1. The molecular formula is C19H17Br2N3O4. The monoisotopic (exact) mass is 509 g/mol. The molecule has 1 unspecified atom stereocenters. The van der Waals surface area contributed by atoms with E-state index < -0.39 is 17.2 Å². The maximum Gasteiger partial charge on any atom is 0.327 e. The smallest absolute Gasteiger partial charge is 0.327 e. The largest absolute Gasteiger partial charge is 0.506 e. The van der Waals surface area contributed by atoms with Crippen molar-refractivity contribution in [1.82, 2.24) is 9.97 Å². The number of allylic oxidation sites excluding steroid dienone is 2. The summed E-state index contributed by atoms with van der Waals surface area (Å²) in [5.41, 5.74) is 0.750. The van der Waals surface area contributed by atoms with Crippen LogP contribution < -0.4 is 16.6 Å². The lowest BCUT2D eigenvalue weighted by Crippen LogP contribution is -2.38. The Bertz CT molecular complexity index is 1150. The third kappa shape index (κ3) is 3.06. The van der Waals surface area contributed by atoms with Crippen LogP contribution in [0.25, 0.3) is 0 Å². The number of H-pyrrole nitrogens is 2. The number of phenolic OH excluding ortho intramolecular Hbond substituents is 1. The van der Waals surface area contributed by atoms with Crippen LogP contribution in [0.2, 0.25) is 0 Å². The third-order valence-corrected chi connectivity index (χ3v) is 6.33. The van der Waals surface area contributed by atoms with E-state index >= 15 is 0 Å². The second-order valence-corrected chi connectivity index (χ2v) is 9.63. The summed E-state index contributed by atoms with van der Waals surface area (Å²) in [5.74, 6) is -0.383. The molecule has 7 nitrogen and oxygen atoms in total. The van der Waals surface area contributed by atoms with Crippen LogP contribution in [0.5, 0.6) is 5.75 Å². The quantitative estimate of drug-likeness (QED) is 0.468. The lowest BCUT2D eigenvalue weighted by atomic mass is 9.69. The summed E-state index contributed by atoms with van der Waals surface area (Å²) in [6, 6.07) is 3.37. The summed E-state index contributed by atoms with van der Waals surface area (Å²) in [6.07, 6.45) is 0.973. The number of Topliss-reactive ketones (excluding diaryl/α,β-unsaturated/α-hetero) is 1. The molecule has 2 aromatic rings. The number of carbonyl (C=O) groups is 1. The van der Waals surface area contributed by atoms with Crippen molar-refractivity contribution in [2.75, 3.05) is 5.32 Å². The number of benzene rings is 1. The molecule has 4 N–H and O–H groups in total. The number of hydrogen-bond donors (Lipinski definition) is 4. The molecular weight excluding hydrogens is 494 g/mol. The number of fused-ring (bicyclic) bond motifs is 1. The Morgan fingerprint density at radius 1 is 1.07 bits per heavy atom. The number of hydrogen-bond acceptors (Lipinski definition) is 5. The van der Waals surface area contributed by atoms with Crippen LogP contribution in [-0.2, 0) is 4.79 Å². The summed E-state index contributed by atoms with van der Waals surface area (Å²) in [7, 11) is 0. The molecule has 2 aliphatic rings. The van der Waals surface area contributed by atoms with Gasteiger partial charge in [-0.05, 0) is 61.4 Å². The van der Waals surface area contributed by atoms with E-state index in [0.29, 0.717) is 44.4 Å². The first kappa shape index (κ1) is 19.2. The van der Waals surface area contributed by atoms with Gasteiger partial charge in [-0.1, -0.05) is 13.8 Å². The average molecular weight is 511 g/mol. The number of nitrogens with one attached hydrogen (secondary N) is 3. The number of ketones is 1. The highest BCUT2D eigenvalue weighted by atomic mass is 79.9. The Hall–Kier alpha value is -2.13. The Morgan fingerprint density at radius 2 is 1.71 bits per heavy atom. The first-order chi connectivity index (χ1) is 13.1. The topological polar surface area (TPSA) is 115 Å². The van der Waals surface area contributed by atoms with Crippen LogP contribution in [0, 0.1) is 5.41 Å². The molecule has 1 aliphatic carbocycles. The fraction of sp³-hybridized carbons (Fsp3) is 0.316. The zero-order chi connectivity index (χ0) is 20.4. The van der Waals surface area contributed by atoms with E-state index in [1.165, 1.54) is 0 Å². The van der Waals surface area contributed by atoms with Crippen molar-refractivity contribution < 1.29 is 9.90 Å². The van der Waals surface area contributed by atoms with Gasteiger partial charge in [0.25, 0.3) is 5.56 Å². The zero-order valence-corrected chi connectivity index (χ0v) is 18.2. The second kappa shape index (κ2) is 6.45. The van der Waals surface area contributed by atoms with Crippen LogP contribution in [0.1, 0.15) is 43.7 Å². The molecule has 1 aromatic heterocycles. The number of carbonyl (C=O) groups excluding carboxylic acids is 1. The second-order valence-electron chi connectivity index (χ2n) is 7.92. The van der Waals surface area contributed by atoms with E-state index in [2.05, 4.69) is 47.1 Å². The van der Waals surface area contributed by atoms with Crippen molar-refractivity contribution in [2.24, 2.45) is 5.41 Å². The van der Waals surface area contributed by atoms with Crippen molar-refractivity contribution in [3.63, 3.8) is 0 Å². The van der Waals surface area contributed by atoms with Crippen LogP contribution in [0.3, 0.4) is 0 Å². The molecule has 0 saturated heterocycles. The third-order valence-electron chi connectivity index (χ3n) is 5.13. The van der Waals surface area contributed by atoms with Gasteiger partial charge in [-0.15, -0.1) is 0 Å². The van der Waals surface area contributed by atoms with E-state index in [4.69, 9.17) is 0 Å². The highest BCUT2D eigenvalue weighted by Gasteiger charge is 2.42. The van der Waals surface area contributed by atoms with Gasteiger partial charge in [0.2, 0.25) is 0 Å². The SMILES string of the molecule is CC1(C)CC(=O)C2=C(C1)Nc1[nH]c(=O)[nH]c(=O)c1C2c1cc(Br)c(O)c(Br)c1. The van der Waals surface area contributed by atoms with E-state index in [-0.39, 0.29) is 22.5 Å². The molecule has 28 heavy (non-hydrogen) atoms. The molecule has 0 spiro atoms. The lowest BCUT2D eigenvalue weighted by molar-refractivity contribution is -0.118. The highest BCUT2D eigenvalue weighted by Crippen LogP contribution is 2.48. The maximum absolute atomic E-state index is 13.1. The van der Waals surface area contributed by atoms with Crippen LogP contribution >= 0.6 is 31.9 Å². The van der Waals surface area contributed by atoms with Crippen molar-refractivity contribution in [1.29, 1.82) is 0 Å². The Morgan fingerprint density at radius 3 is 2.36 bits per heavy atom. The predicted octanol–water partition coefficient (Wildman–Crippen LogP) is 3.49. The number of aromatic amines is 2. The molecule has 0 bridgehead atoms. The minimum atomic E-state index is -0.663. The van der Waals surface area contributed by atoms with Crippen LogP contribution in [0.15, 0.2) is 41.9 Å². The van der Waals surface area contributed by atoms with Gasteiger partial charge in [-0.25, -0.2) is 4.79 Å². The van der Waals surface area contributed by atoms with Gasteiger partial charge < -0.3 is 10.4 Å². The molecule has 4 rings (SSSR count). The minimum Gasteiger partial charge on any atom is -0.506 e. The van der Waals surface area contributed by atoms with Crippen molar-refractivity contribution >= 4 is 43.5 Å². The van der Waals surface area contributed by atoms with Gasteiger partial charge in [-0.3, -0.25) is 19.6 Å². The van der Waals surface area contributed by atoms with Gasteiger partial charge >= 0.3 is 5.69 Å². The van der Waals surface area contributed by atoms with E-state index in [0.717, 1.165) is 0 Å². The van der Waals surface area contributed by atoms with Crippen molar-refractivity contribution in [3.8, 4) is 5.75 Å². The van der Waals surface area contributed by atoms with E-state index in [1.54, 1.807) is 12.1 Å². The van der Waals surface area contributed by atoms with Gasteiger partial charge in [0.05, 0.1) is 14.5 Å². The fourth-order valence-electron chi connectivity index (χ4n) is 4.03. The normalized spacial score (nSPS) is 20.4. The lowest BCUT2D eigenvalue weighted by Gasteiger charge is -2.38. The molecule has 1 atom stereocenters. The molecule has 0 amide bonds. The Labute approximate surface area is 176 Å². The van der Waals surface area contributed by atoms with E-state index in [1.807, 2.05) is 13.8 Å². The standard InChI is InChI=1S/C19H17Br2N3O4/c1-19(2)5-10-13(11(25)6-19)12(7-3-8(20)15(26)9(21)4-7)14-16(22-10)23-18(28)24-17(14)27/h3-4,12,26H,5-6H2,1-2H3,(H3,22,23,24,27,28). The zero-order valence-electron chi connectivity index (χ0n) is 15.1. The summed E-state index contributed by atoms with van der Waals surface area (Å²) >= 11 is 6.63. The van der Waals surface area contributed by atoms with Gasteiger partial charge in [0.1, 0.15) is 11.6 Å².